The van der Waals surface area contributed by atoms with Crippen molar-refractivity contribution in [1.82, 2.24) is 4.98 Å². The fourth-order valence-electron chi connectivity index (χ4n) is 2.85. The summed E-state index contributed by atoms with van der Waals surface area (Å²) in [5, 5.41) is 2.20. The van der Waals surface area contributed by atoms with Crippen molar-refractivity contribution in [3.63, 3.8) is 0 Å². The topological polar surface area (TPSA) is 68.7 Å². The molecule has 28 heavy (non-hydrogen) atoms. The quantitative estimate of drug-likeness (QED) is 0.558. The van der Waals surface area contributed by atoms with Gasteiger partial charge in [0.2, 0.25) is 0 Å². The van der Waals surface area contributed by atoms with Gasteiger partial charge in [-0.05, 0) is 42.1 Å². The first-order valence-corrected chi connectivity index (χ1v) is 11.2. The third-order valence-electron chi connectivity index (χ3n) is 4.27. The van der Waals surface area contributed by atoms with E-state index in [1.165, 1.54) is 27.9 Å². The zero-order chi connectivity index (χ0) is 19.7. The van der Waals surface area contributed by atoms with Gasteiger partial charge in [0.25, 0.3) is 10.0 Å². The summed E-state index contributed by atoms with van der Waals surface area (Å²) >= 11 is 7.47. The molecule has 0 spiro atoms. The summed E-state index contributed by atoms with van der Waals surface area (Å²) in [5.41, 5.74) is 1.09. The molecule has 0 bridgehead atoms. The molecule has 4 rings (SSSR count). The fourth-order valence-corrected chi connectivity index (χ4v) is 5.19. The van der Waals surface area contributed by atoms with Crippen LogP contribution in [0, 0.1) is 6.92 Å². The normalized spacial score (nSPS) is 13.4. The zero-order valence-electron chi connectivity index (χ0n) is 15.0. The van der Waals surface area contributed by atoms with Crippen molar-refractivity contribution in [2.24, 2.45) is 0 Å². The molecule has 0 atom stereocenters. The van der Waals surface area contributed by atoms with Crippen LogP contribution in [0.15, 0.2) is 52.9 Å². The van der Waals surface area contributed by atoms with E-state index in [2.05, 4.69) is 4.98 Å². The number of halogens is 1. The third kappa shape index (κ3) is 3.67. The van der Waals surface area contributed by atoms with Crippen molar-refractivity contribution in [3.8, 4) is 11.5 Å². The molecule has 2 aromatic heterocycles. The Morgan fingerprint density at radius 1 is 1.18 bits per heavy atom. The summed E-state index contributed by atoms with van der Waals surface area (Å²) in [7, 11) is -3.87. The van der Waals surface area contributed by atoms with E-state index in [-0.39, 0.29) is 16.6 Å². The van der Waals surface area contributed by atoms with Crippen molar-refractivity contribution in [3.05, 3.63) is 63.6 Å². The van der Waals surface area contributed by atoms with Crippen molar-refractivity contribution in [2.45, 2.75) is 18.4 Å². The minimum Gasteiger partial charge on any atom is -0.486 e. The Kier molecular flexibility index (Phi) is 5.18. The first-order chi connectivity index (χ1) is 13.4. The number of ether oxygens (including phenoxy) is 2. The average molecular weight is 437 g/mol. The highest BCUT2D eigenvalue weighted by Gasteiger charge is 2.28. The molecule has 0 unspecified atom stereocenters. The van der Waals surface area contributed by atoms with Gasteiger partial charge in [0, 0.05) is 17.1 Å². The van der Waals surface area contributed by atoms with E-state index in [4.69, 9.17) is 21.1 Å². The van der Waals surface area contributed by atoms with Gasteiger partial charge >= 0.3 is 0 Å². The minimum absolute atomic E-state index is 0.0841. The number of benzene rings is 1. The van der Waals surface area contributed by atoms with Crippen LogP contribution < -0.4 is 13.8 Å². The molecule has 0 aliphatic carbocycles. The van der Waals surface area contributed by atoms with Crippen LogP contribution in [0.4, 0.5) is 5.69 Å². The van der Waals surface area contributed by atoms with Gasteiger partial charge in [0.15, 0.2) is 11.5 Å². The van der Waals surface area contributed by atoms with Crippen LogP contribution in [0.2, 0.25) is 5.15 Å². The van der Waals surface area contributed by atoms with Crippen LogP contribution in [-0.2, 0) is 16.6 Å². The Morgan fingerprint density at radius 2 is 1.96 bits per heavy atom. The second-order valence-corrected chi connectivity index (χ2v) is 9.45. The van der Waals surface area contributed by atoms with E-state index in [1.807, 2.05) is 17.5 Å². The number of pyridine rings is 1. The lowest BCUT2D eigenvalue weighted by Crippen LogP contribution is -2.30. The van der Waals surface area contributed by atoms with Gasteiger partial charge in [0.1, 0.15) is 23.3 Å². The van der Waals surface area contributed by atoms with Crippen LogP contribution in [-0.4, -0.2) is 26.6 Å². The van der Waals surface area contributed by atoms with Crippen LogP contribution in [0.25, 0.3) is 0 Å². The Labute approximate surface area is 172 Å². The predicted octanol–water partition coefficient (Wildman–Crippen LogP) is 4.27. The second-order valence-electron chi connectivity index (χ2n) is 6.20. The molecular formula is C19H17ClN2O4S2. The molecule has 6 nitrogen and oxygen atoms in total. The van der Waals surface area contributed by atoms with E-state index in [9.17, 15) is 8.42 Å². The van der Waals surface area contributed by atoms with Crippen molar-refractivity contribution in [2.75, 3.05) is 17.5 Å². The van der Waals surface area contributed by atoms with Crippen molar-refractivity contribution in [1.29, 1.82) is 0 Å². The summed E-state index contributed by atoms with van der Waals surface area (Å²) in [4.78, 5) is 5.00. The van der Waals surface area contributed by atoms with Crippen molar-refractivity contribution < 1.29 is 17.9 Å². The van der Waals surface area contributed by atoms with Gasteiger partial charge < -0.3 is 9.47 Å². The Morgan fingerprint density at radius 3 is 2.68 bits per heavy atom. The summed E-state index contributed by atoms with van der Waals surface area (Å²) in [6.45, 7) is 2.82. The van der Waals surface area contributed by atoms with Crippen LogP contribution in [0.1, 0.15) is 10.4 Å². The molecule has 0 radical (unpaired) electrons. The number of aryl methyl sites for hydroxylation is 1. The Bertz CT molecular complexity index is 1100. The van der Waals surface area contributed by atoms with Gasteiger partial charge in [-0.1, -0.05) is 17.7 Å². The number of sulfonamides is 1. The predicted molar refractivity (Wildman–Crippen MR) is 109 cm³/mol. The van der Waals surface area contributed by atoms with Gasteiger partial charge in [-0.2, -0.15) is 0 Å². The molecule has 1 aromatic carbocycles. The summed E-state index contributed by atoms with van der Waals surface area (Å²) < 4.78 is 39.5. The molecule has 1 aliphatic heterocycles. The maximum Gasteiger partial charge on any atom is 0.266 e. The van der Waals surface area contributed by atoms with E-state index in [1.54, 1.807) is 25.1 Å². The van der Waals surface area contributed by atoms with Gasteiger partial charge in [-0.25, -0.2) is 13.4 Å². The van der Waals surface area contributed by atoms with Gasteiger partial charge in [-0.15, -0.1) is 11.3 Å². The monoisotopic (exact) mass is 436 g/mol. The van der Waals surface area contributed by atoms with Gasteiger partial charge in [-0.3, -0.25) is 4.31 Å². The zero-order valence-corrected chi connectivity index (χ0v) is 17.4. The second kappa shape index (κ2) is 7.62. The molecule has 9 heteroatoms. The molecule has 0 saturated heterocycles. The first kappa shape index (κ1) is 19.0. The average Bonchev–Trinajstić information content (AvgIpc) is 3.21. The number of hydrogen-bond acceptors (Lipinski definition) is 6. The maximum atomic E-state index is 13.5. The highest BCUT2D eigenvalue weighted by Crippen LogP contribution is 2.36. The summed E-state index contributed by atoms with van der Waals surface area (Å²) in [6.07, 6.45) is 1.28. The first-order valence-electron chi connectivity index (χ1n) is 8.52. The molecular weight excluding hydrogens is 420 g/mol. The van der Waals surface area contributed by atoms with Crippen LogP contribution in [0.5, 0.6) is 11.5 Å². The number of anilines is 1. The number of rotatable bonds is 5. The standard InChI is InChI=1S/C19H17ClN2O4S2/c1-13-9-16(11-21-19(13)20)28(23,24)22(12-15-3-2-8-27-15)14-4-5-17-18(10-14)26-7-6-25-17/h2-5,8-11H,6-7,12H2,1H3. The molecule has 3 heterocycles. The van der Waals surface area contributed by atoms with E-state index < -0.39 is 10.0 Å². The molecule has 0 amide bonds. The lowest BCUT2D eigenvalue weighted by atomic mass is 10.2. The van der Waals surface area contributed by atoms with Gasteiger partial charge in [0.05, 0.1) is 12.2 Å². The molecule has 0 saturated carbocycles. The maximum absolute atomic E-state index is 13.5. The SMILES string of the molecule is Cc1cc(S(=O)(=O)N(Cc2cccs2)c2ccc3c(c2)OCCO3)cnc1Cl. The van der Waals surface area contributed by atoms with E-state index in [0.717, 1.165) is 4.88 Å². The fraction of sp³-hybridized carbons (Fsp3) is 0.211. The number of thiophene rings is 1. The molecule has 0 N–H and O–H groups in total. The largest absolute Gasteiger partial charge is 0.486 e. The minimum atomic E-state index is -3.87. The molecule has 3 aromatic rings. The molecule has 1 aliphatic rings. The third-order valence-corrected chi connectivity index (χ3v) is 7.27. The highest BCUT2D eigenvalue weighted by atomic mass is 35.5. The molecule has 0 fully saturated rings. The van der Waals surface area contributed by atoms with Crippen LogP contribution in [0.3, 0.4) is 0 Å². The molecule has 146 valence electrons. The lowest BCUT2D eigenvalue weighted by molar-refractivity contribution is 0.171. The number of hydrogen-bond donors (Lipinski definition) is 0. The van der Waals surface area contributed by atoms with E-state index >= 15 is 0 Å². The Hall–Kier alpha value is -2.29. The highest BCUT2D eigenvalue weighted by molar-refractivity contribution is 7.92. The van der Waals surface area contributed by atoms with E-state index in [0.29, 0.717) is 36.0 Å². The number of nitrogens with zero attached hydrogens (tertiary/aromatic N) is 2. The lowest BCUT2D eigenvalue weighted by Gasteiger charge is -2.26. The van der Waals surface area contributed by atoms with Crippen molar-refractivity contribution >= 4 is 38.6 Å². The Balaban J connectivity index is 1.80. The smallest absolute Gasteiger partial charge is 0.266 e. The van der Waals surface area contributed by atoms with Crippen LogP contribution >= 0.6 is 22.9 Å². The summed E-state index contributed by atoms with van der Waals surface area (Å²) in [6, 6.07) is 10.5. The summed E-state index contributed by atoms with van der Waals surface area (Å²) in [5.74, 6) is 1.13. The number of fused-ring (bicyclic) bond motifs is 1. The number of aromatic nitrogens is 1.